The fraction of sp³-hybridized carbons (Fsp3) is 0.214. The molecule has 0 unspecified atom stereocenters. The van der Waals surface area contributed by atoms with Crippen LogP contribution in [0.5, 0.6) is 0 Å². The van der Waals surface area contributed by atoms with Crippen LogP contribution in [0.3, 0.4) is 0 Å². The summed E-state index contributed by atoms with van der Waals surface area (Å²) in [5, 5.41) is 5.33. The lowest BCUT2D eigenvalue weighted by Crippen LogP contribution is -2.02. The minimum absolute atomic E-state index is 0.645. The van der Waals surface area contributed by atoms with Crippen molar-refractivity contribution in [3.05, 3.63) is 46.5 Å². The topological polar surface area (TPSA) is 50.7 Å². The van der Waals surface area contributed by atoms with Crippen molar-refractivity contribution in [2.45, 2.75) is 19.9 Å². The highest BCUT2D eigenvalue weighted by molar-refractivity contribution is 7.11. The molecule has 2 heterocycles. The van der Waals surface area contributed by atoms with Gasteiger partial charge in [0.05, 0.1) is 12.1 Å². The molecule has 0 aliphatic carbocycles. The summed E-state index contributed by atoms with van der Waals surface area (Å²) >= 11 is 1.73. The van der Waals surface area contributed by atoms with Crippen molar-refractivity contribution in [2.24, 2.45) is 0 Å². The SMILES string of the molecule is CCc1cnc(CNc2ncc3ccccc3n2)s1. The fourth-order valence-electron chi connectivity index (χ4n) is 1.81. The van der Waals surface area contributed by atoms with Crippen molar-refractivity contribution in [1.29, 1.82) is 0 Å². The van der Waals surface area contributed by atoms with Gasteiger partial charge in [-0.25, -0.2) is 15.0 Å². The number of thiazole rings is 1. The van der Waals surface area contributed by atoms with Crippen LogP contribution < -0.4 is 5.32 Å². The van der Waals surface area contributed by atoms with Gasteiger partial charge in [0.25, 0.3) is 0 Å². The third kappa shape index (κ3) is 2.71. The van der Waals surface area contributed by atoms with Crippen LogP contribution in [-0.4, -0.2) is 15.0 Å². The second-order valence-electron chi connectivity index (χ2n) is 4.18. The number of benzene rings is 1. The van der Waals surface area contributed by atoms with Crippen molar-refractivity contribution in [2.75, 3.05) is 5.32 Å². The van der Waals surface area contributed by atoms with Crippen molar-refractivity contribution in [1.82, 2.24) is 15.0 Å². The second kappa shape index (κ2) is 5.32. The van der Waals surface area contributed by atoms with Crippen LogP contribution in [0.15, 0.2) is 36.7 Å². The van der Waals surface area contributed by atoms with Gasteiger partial charge >= 0.3 is 0 Å². The van der Waals surface area contributed by atoms with Crippen LogP contribution in [0, 0.1) is 0 Å². The van der Waals surface area contributed by atoms with Gasteiger partial charge in [-0.05, 0) is 12.5 Å². The molecule has 0 atom stereocenters. The zero-order valence-corrected chi connectivity index (χ0v) is 11.4. The third-order valence-electron chi connectivity index (χ3n) is 2.84. The maximum Gasteiger partial charge on any atom is 0.223 e. The molecule has 0 aliphatic rings. The average molecular weight is 270 g/mol. The Kier molecular flexibility index (Phi) is 3.37. The summed E-state index contributed by atoms with van der Waals surface area (Å²) in [5.41, 5.74) is 0.952. The van der Waals surface area contributed by atoms with Crippen molar-refractivity contribution in [3.63, 3.8) is 0 Å². The van der Waals surface area contributed by atoms with Crippen LogP contribution >= 0.6 is 11.3 Å². The number of anilines is 1. The van der Waals surface area contributed by atoms with Crippen LogP contribution in [0.4, 0.5) is 5.95 Å². The number of fused-ring (bicyclic) bond motifs is 1. The second-order valence-corrected chi connectivity index (χ2v) is 5.38. The summed E-state index contributed by atoms with van der Waals surface area (Å²) in [4.78, 5) is 14.4. The number of nitrogens with zero attached hydrogens (tertiary/aromatic N) is 3. The Labute approximate surface area is 115 Å². The molecule has 0 saturated heterocycles. The largest absolute Gasteiger partial charge is 0.348 e. The van der Waals surface area contributed by atoms with E-state index in [4.69, 9.17) is 0 Å². The van der Waals surface area contributed by atoms with Gasteiger partial charge in [-0.3, -0.25) is 0 Å². The first-order valence-corrected chi connectivity index (χ1v) is 7.06. The van der Waals surface area contributed by atoms with Gasteiger partial charge in [-0.2, -0.15) is 0 Å². The number of rotatable bonds is 4. The van der Waals surface area contributed by atoms with E-state index in [0.717, 1.165) is 22.3 Å². The van der Waals surface area contributed by atoms with E-state index in [1.54, 1.807) is 11.3 Å². The Bertz CT molecular complexity index is 692. The molecule has 1 N–H and O–H groups in total. The number of aryl methyl sites for hydroxylation is 1. The summed E-state index contributed by atoms with van der Waals surface area (Å²) in [6.45, 7) is 2.81. The fourth-order valence-corrected chi connectivity index (χ4v) is 2.61. The summed E-state index contributed by atoms with van der Waals surface area (Å²) in [5.74, 6) is 0.645. The molecule has 19 heavy (non-hydrogen) atoms. The lowest BCUT2D eigenvalue weighted by atomic mass is 10.2. The number of hydrogen-bond donors (Lipinski definition) is 1. The number of nitrogens with one attached hydrogen (secondary N) is 1. The predicted octanol–water partition coefficient (Wildman–Crippen LogP) is 3.26. The summed E-state index contributed by atoms with van der Waals surface area (Å²) < 4.78 is 0. The lowest BCUT2D eigenvalue weighted by molar-refractivity contribution is 1.05. The minimum atomic E-state index is 0.645. The van der Waals surface area contributed by atoms with Crippen LogP contribution in [-0.2, 0) is 13.0 Å². The van der Waals surface area contributed by atoms with Gasteiger partial charge in [0, 0.05) is 22.7 Å². The molecule has 2 aromatic heterocycles. The molecule has 0 bridgehead atoms. The number of aromatic nitrogens is 3. The van der Waals surface area contributed by atoms with Crippen LogP contribution in [0.25, 0.3) is 10.9 Å². The van der Waals surface area contributed by atoms with Gasteiger partial charge in [0.2, 0.25) is 5.95 Å². The summed E-state index contributed by atoms with van der Waals surface area (Å²) in [6, 6.07) is 7.96. The van der Waals surface area contributed by atoms with E-state index < -0.39 is 0 Å². The van der Waals surface area contributed by atoms with E-state index >= 15 is 0 Å². The van der Waals surface area contributed by atoms with E-state index in [1.165, 1.54) is 4.88 Å². The van der Waals surface area contributed by atoms with Crippen molar-refractivity contribution in [3.8, 4) is 0 Å². The molecular formula is C14H14N4S. The number of para-hydroxylation sites is 1. The van der Waals surface area contributed by atoms with Gasteiger partial charge in [0.15, 0.2) is 0 Å². The Morgan fingerprint density at radius 2 is 2.05 bits per heavy atom. The predicted molar refractivity (Wildman–Crippen MR) is 78.4 cm³/mol. The van der Waals surface area contributed by atoms with E-state index in [9.17, 15) is 0 Å². The maximum atomic E-state index is 4.47. The Morgan fingerprint density at radius 1 is 1.16 bits per heavy atom. The molecule has 3 rings (SSSR count). The molecule has 1 aromatic carbocycles. The quantitative estimate of drug-likeness (QED) is 0.790. The Balaban J connectivity index is 1.74. The van der Waals surface area contributed by atoms with Gasteiger partial charge in [-0.1, -0.05) is 25.1 Å². The first-order chi connectivity index (χ1) is 9.35. The van der Waals surface area contributed by atoms with E-state index in [0.29, 0.717) is 12.5 Å². The molecule has 3 aromatic rings. The van der Waals surface area contributed by atoms with Gasteiger partial charge in [0.1, 0.15) is 5.01 Å². The van der Waals surface area contributed by atoms with Crippen molar-refractivity contribution >= 4 is 28.2 Å². The van der Waals surface area contributed by atoms with E-state index in [-0.39, 0.29) is 0 Å². The highest BCUT2D eigenvalue weighted by atomic mass is 32.1. The molecule has 0 saturated carbocycles. The molecular weight excluding hydrogens is 256 g/mol. The van der Waals surface area contributed by atoms with E-state index in [1.807, 2.05) is 36.7 Å². The Morgan fingerprint density at radius 3 is 2.89 bits per heavy atom. The molecule has 4 nitrogen and oxygen atoms in total. The third-order valence-corrected chi connectivity index (χ3v) is 3.98. The van der Waals surface area contributed by atoms with E-state index in [2.05, 4.69) is 27.2 Å². The summed E-state index contributed by atoms with van der Waals surface area (Å²) in [6.07, 6.45) is 4.80. The highest BCUT2D eigenvalue weighted by Gasteiger charge is 2.02. The smallest absolute Gasteiger partial charge is 0.223 e. The van der Waals surface area contributed by atoms with Gasteiger partial charge in [-0.15, -0.1) is 11.3 Å². The molecule has 0 spiro atoms. The molecule has 0 amide bonds. The maximum absolute atomic E-state index is 4.47. The lowest BCUT2D eigenvalue weighted by Gasteiger charge is -2.03. The van der Waals surface area contributed by atoms with Crippen LogP contribution in [0.1, 0.15) is 16.8 Å². The van der Waals surface area contributed by atoms with Crippen LogP contribution in [0.2, 0.25) is 0 Å². The average Bonchev–Trinajstić information content (AvgIpc) is 2.93. The molecule has 0 fully saturated rings. The zero-order valence-electron chi connectivity index (χ0n) is 10.6. The Hall–Kier alpha value is -2.01. The van der Waals surface area contributed by atoms with Crippen molar-refractivity contribution < 1.29 is 0 Å². The summed E-state index contributed by atoms with van der Waals surface area (Å²) in [7, 11) is 0. The molecule has 0 radical (unpaired) electrons. The standard InChI is InChI=1S/C14H14N4S/c1-2-11-8-15-13(19-11)9-17-14-16-7-10-5-3-4-6-12(10)18-14/h3-8H,2,9H2,1H3,(H,16,17,18). The molecule has 5 heteroatoms. The monoisotopic (exact) mass is 270 g/mol. The molecule has 96 valence electrons. The minimum Gasteiger partial charge on any atom is -0.348 e. The molecule has 0 aliphatic heterocycles. The first kappa shape index (κ1) is 12.0. The first-order valence-electron chi connectivity index (χ1n) is 6.24. The highest BCUT2D eigenvalue weighted by Crippen LogP contribution is 2.15. The zero-order chi connectivity index (χ0) is 13.1. The normalized spacial score (nSPS) is 10.8. The number of hydrogen-bond acceptors (Lipinski definition) is 5. The van der Waals surface area contributed by atoms with Gasteiger partial charge < -0.3 is 5.32 Å².